The van der Waals surface area contributed by atoms with Crippen molar-refractivity contribution in [3.63, 3.8) is 0 Å². The van der Waals surface area contributed by atoms with Gasteiger partial charge in [0.15, 0.2) is 0 Å². The monoisotopic (exact) mass is 390 g/mol. The van der Waals surface area contributed by atoms with Gasteiger partial charge in [0.2, 0.25) is 5.78 Å². The van der Waals surface area contributed by atoms with Gasteiger partial charge >= 0.3 is 0 Å². The largest absolute Gasteiger partial charge is 0.363 e. The maximum absolute atomic E-state index is 13.0. The molecule has 0 saturated carbocycles. The summed E-state index contributed by atoms with van der Waals surface area (Å²) in [7, 11) is 1.72. The molecule has 0 saturated heterocycles. The summed E-state index contributed by atoms with van der Waals surface area (Å²) in [5.74, 6) is -2.42. The Balaban J connectivity index is 1.91. The van der Waals surface area contributed by atoms with Gasteiger partial charge in [-0.05, 0) is 18.1 Å². The fourth-order valence-corrected chi connectivity index (χ4v) is 3.16. The predicted molar refractivity (Wildman–Crippen MR) is 109 cm³/mol. The van der Waals surface area contributed by atoms with Crippen LogP contribution < -0.4 is 11.1 Å². The van der Waals surface area contributed by atoms with Crippen LogP contribution in [-0.4, -0.2) is 33.4 Å². The lowest BCUT2D eigenvalue weighted by atomic mass is 10.00. The van der Waals surface area contributed by atoms with Crippen LogP contribution in [-0.2, 0) is 23.1 Å². The number of nitrogens with zero attached hydrogens (tertiary/aromatic N) is 2. The molecule has 1 aromatic heterocycles. The molecule has 0 bridgehead atoms. The third-order valence-electron chi connectivity index (χ3n) is 4.62. The molecule has 2 aromatic carbocycles. The van der Waals surface area contributed by atoms with E-state index in [0.717, 1.165) is 16.7 Å². The van der Waals surface area contributed by atoms with Gasteiger partial charge in [-0.15, -0.1) is 0 Å². The second-order valence-electron chi connectivity index (χ2n) is 6.82. The minimum atomic E-state index is -1.09. The zero-order valence-electron chi connectivity index (χ0n) is 16.3. The summed E-state index contributed by atoms with van der Waals surface area (Å²) < 4.78 is 1.54. The van der Waals surface area contributed by atoms with Gasteiger partial charge < -0.3 is 11.1 Å². The van der Waals surface area contributed by atoms with Crippen molar-refractivity contribution in [2.75, 3.05) is 0 Å². The molecular formula is C22H22N4O3. The Morgan fingerprint density at radius 1 is 1.07 bits per heavy atom. The van der Waals surface area contributed by atoms with E-state index in [9.17, 15) is 14.4 Å². The second kappa shape index (κ2) is 8.52. The van der Waals surface area contributed by atoms with Crippen LogP contribution in [0.4, 0.5) is 0 Å². The molecule has 148 valence electrons. The van der Waals surface area contributed by atoms with Gasteiger partial charge in [0.1, 0.15) is 11.7 Å². The first-order valence-corrected chi connectivity index (χ1v) is 9.15. The van der Waals surface area contributed by atoms with E-state index in [-0.39, 0.29) is 6.42 Å². The lowest BCUT2D eigenvalue weighted by Gasteiger charge is -2.16. The zero-order chi connectivity index (χ0) is 21.0. The van der Waals surface area contributed by atoms with Crippen molar-refractivity contribution in [2.45, 2.75) is 19.4 Å². The van der Waals surface area contributed by atoms with E-state index >= 15 is 0 Å². The molecule has 0 unspecified atom stereocenters. The summed E-state index contributed by atoms with van der Waals surface area (Å²) in [5, 5.41) is 7.08. The Labute approximate surface area is 168 Å². The first-order valence-electron chi connectivity index (χ1n) is 9.15. The van der Waals surface area contributed by atoms with E-state index < -0.39 is 23.6 Å². The Morgan fingerprint density at radius 3 is 2.38 bits per heavy atom. The molecule has 0 aliphatic heterocycles. The lowest BCUT2D eigenvalue weighted by molar-refractivity contribution is -0.137. The van der Waals surface area contributed by atoms with Gasteiger partial charge in [0.05, 0.1) is 5.56 Å². The maximum Gasteiger partial charge on any atom is 0.287 e. The fourth-order valence-electron chi connectivity index (χ4n) is 3.16. The fraction of sp³-hybridized carbons (Fsp3) is 0.182. The smallest absolute Gasteiger partial charge is 0.287 e. The molecule has 1 atom stereocenters. The van der Waals surface area contributed by atoms with Crippen molar-refractivity contribution in [1.82, 2.24) is 15.1 Å². The number of Topliss-reactive ketones (excluding diaryl/α,β-unsaturated/α-hetero) is 1. The third kappa shape index (κ3) is 4.57. The van der Waals surface area contributed by atoms with E-state index in [1.54, 1.807) is 17.9 Å². The van der Waals surface area contributed by atoms with Crippen molar-refractivity contribution in [3.05, 3.63) is 77.5 Å². The second-order valence-corrected chi connectivity index (χ2v) is 6.82. The average Bonchev–Trinajstić information content (AvgIpc) is 3.09. The Hall–Kier alpha value is -3.74. The molecule has 29 heavy (non-hydrogen) atoms. The van der Waals surface area contributed by atoms with Crippen LogP contribution in [0.1, 0.15) is 21.5 Å². The standard InChI is InChI=1S/C22H22N4O3/c1-14-8-6-7-11-16(14)19-17(13-26(2)25-19)22(29)24-18(20(27)21(23)28)12-15-9-4-3-5-10-15/h3-11,13,18H,12H2,1-2H3,(H2,23,28)(H,24,29)/t18-/m0/s1. The van der Waals surface area contributed by atoms with Crippen molar-refractivity contribution >= 4 is 17.6 Å². The summed E-state index contributed by atoms with van der Waals surface area (Å²) in [6, 6.07) is 15.6. The number of carbonyl (C=O) groups is 3. The highest BCUT2D eigenvalue weighted by molar-refractivity contribution is 6.38. The molecule has 0 aliphatic rings. The number of hydrogen-bond donors (Lipinski definition) is 2. The number of benzene rings is 2. The zero-order valence-corrected chi connectivity index (χ0v) is 16.3. The first kappa shape index (κ1) is 20.0. The van der Waals surface area contributed by atoms with E-state index in [2.05, 4.69) is 10.4 Å². The number of rotatable bonds is 7. The van der Waals surface area contributed by atoms with Crippen LogP contribution in [0.25, 0.3) is 11.3 Å². The molecule has 0 fully saturated rings. The first-order chi connectivity index (χ1) is 13.9. The number of ketones is 1. The molecular weight excluding hydrogens is 368 g/mol. The Kier molecular flexibility index (Phi) is 5.87. The minimum absolute atomic E-state index is 0.161. The molecule has 7 heteroatoms. The SMILES string of the molecule is Cc1ccccc1-c1nn(C)cc1C(=O)N[C@@H](Cc1ccccc1)C(=O)C(N)=O. The van der Waals surface area contributed by atoms with Gasteiger partial charge in [-0.1, -0.05) is 54.6 Å². The molecule has 3 N–H and O–H groups in total. The van der Waals surface area contributed by atoms with E-state index in [4.69, 9.17) is 5.73 Å². The molecule has 0 radical (unpaired) electrons. The molecule has 0 spiro atoms. The van der Waals surface area contributed by atoms with Gasteiger partial charge in [0.25, 0.3) is 11.8 Å². The lowest BCUT2D eigenvalue weighted by Crippen LogP contribution is -2.47. The van der Waals surface area contributed by atoms with Crippen LogP contribution in [0, 0.1) is 6.92 Å². The van der Waals surface area contributed by atoms with Crippen molar-refractivity contribution in [2.24, 2.45) is 12.8 Å². The summed E-state index contributed by atoms with van der Waals surface area (Å²) >= 11 is 0. The average molecular weight is 390 g/mol. The van der Waals surface area contributed by atoms with Crippen molar-refractivity contribution in [3.8, 4) is 11.3 Å². The molecule has 7 nitrogen and oxygen atoms in total. The molecule has 1 heterocycles. The van der Waals surface area contributed by atoms with Crippen molar-refractivity contribution < 1.29 is 14.4 Å². The predicted octanol–water partition coefficient (Wildman–Crippen LogP) is 1.79. The van der Waals surface area contributed by atoms with Crippen LogP contribution in [0.15, 0.2) is 60.8 Å². The molecule has 2 amide bonds. The summed E-state index contributed by atoms with van der Waals surface area (Å²) in [5.41, 5.74) is 8.61. The number of hydrogen-bond acceptors (Lipinski definition) is 4. The van der Waals surface area contributed by atoms with Gasteiger partial charge in [-0.25, -0.2) is 0 Å². The molecule has 3 aromatic rings. The normalized spacial score (nSPS) is 11.7. The highest BCUT2D eigenvalue weighted by Gasteiger charge is 2.28. The van der Waals surface area contributed by atoms with Crippen LogP contribution in [0.5, 0.6) is 0 Å². The highest BCUT2D eigenvalue weighted by atomic mass is 16.2. The number of primary amides is 1. The third-order valence-corrected chi connectivity index (χ3v) is 4.62. The van der Waals surface area contributed by atoms with Crippen LogP contribution >= 0.6 is 0 Å². The van der Waals surface area contributed by atoms with E-state index in [1.165, 1.54) is 0 Å². The van der Waals surface area contributed by atoms with Gasteiger partial charge in [-0.3, -0.25) is 19.1 Å². The number of nitrogens with two attached hydrogens (primary N) is 1. The van der Waals surface area contributed by atoms with Crippen LogP contribution in [0.2, 0.25) is 0 Å². The summed E-state index contributed by atoms with van der Waals surface area (Å²) in [4.78, 5) is 36.8. The quantitative estimate of drug-likeness (QED) is 0.600. The Bertz CT molecular complexity index is 1060. The molecule has 0 aliphatic carbocycles. The number of aryl methyl sites for hydroxylation is 2. The summed E-state index contributed by atoms with van der Waals surface area (Å²) in [6.07, 6.45) is 1.75. The van der Waals surface area contributed by atoms with Gasteiger partial charge in [0, 0.05) is 25.2 Å². The van der Waals surface area contributed by atoms with E-state index in [1.807, 2.05) is 61.5 Å². The van der Waals surface area contributed by atoms with Crippen molar-refractivity contribution in [1.29, 1.82) is 0 Å². The van der Waals surface area contributed by atoms with Crippen LogP contribution in [0.3, 0.4) is 0 Å². The number of amides is 2. The Morgan fingerprint density at radius 2 is 1.72 bits per heavy atom. The maximum atomic E-state index is 13.0. The minimum Gasteiger partial charge on any atom is -0.363 e. The van der Waals surface area contributed by atoms with Gasteiger partial charge in [-0.2, -0.15) is 5.10 Å². The highest BCUT2D eigenvalue weighted by Crippen LogP contribution is 2.25. The molecule has 3 rings (SSSR count). The number of aromatic nitrogens is 2. The van der Waals surface area contributed by atoms with E-state index in [0.29, 0.717) is 11.3 Å². The topological polar surface area (TPSA) is 107 Å². The summed E-state index contributed by atoms with van der Waals surface area (Å²) in [6.45, 7) is 1.93. The number of nitrogens with one attached hydrogen (secondary N) is 1. The number of carbonyl (C=O) groups excluding carboxylic acids is 3.